The molecule has 47 heavy (non-hydrogen) atoms. The second-order valence-corrected chi connectivity index (χ2v) is 11.9. The molecule has 0 spiro atoms. The van der Waals surface area contributed by atoms with Crippen molar-refractivity contribution in [2.45, 2.75) is 169 Å². The predicted octanol–water partition coefficient (Wildman–Crippen LogP) is 9.75. The Morgan fingerprint density at radius 3 is 1.40 bits per heavy atom. The molecule has 0 aliphatic heterocycles. The molecule has 0 aromatic rings. The summed E-state index contributed by atoms with van der Waals surface area (Å²) in [6.07, 6.45) is 18.2. The molecule has 0 saturated carbocycles. The number of methoxy groups -OCH3 is 3. The fraction of sp³-hybridized carbons (Fsp3) is 0.921. The normalized spacial score (nSPS) is 13.1. The summed E-state index contributed by atoms with van der Waals surface area (Å²) in [5.74, 6) is -2.36. The van der Waals surface area contributed by atoms with Gasteiger partial charge in [0.15, 0.2) is 0 Å². The summed E-state index contributed by atoms with van der Waals surface area (Å²) in [5.41, 5.74) is 0.420. The molecule has 0 N–H and O–H groups in total. The van der Waals surface area contributed by atoms with Gasteiger partial charge >= 0.3 is 11.9 Å². The van der Waals surface area contributed by atoms with Gasteiger partial charge in [0.1, 0.15) is 6.10 Å². The topological polar surface area (TPSA) is 90.9 Å². The number of unbranched alkanes of at least 4 members (excludes halogenated alkanes) is 10. The highest BCUT2D eigenvalue weighted by atomic mass is 16.9. The van der Waals surface area contributed by atoms with Gasteiger partial charge in [0.25, 0.3) is 5.97 Å². The van der Waals surface area contributed by atoms with E-state index < -0.39 is 11.9 Å². The lowest BCUT2D eigenvalue weighted by atomic mass is 9.93. The van der Waals surface area contributed by atoms with Gasteiger partial charge in [-0.2, -0.15) is 0 Å². The lowest BCUT2D eigenvalue weighted by Crippen LogP contribution is -2.51. The molecular weight excluding hydrogens is 600 g/mol. The molecule has 2 unspecified atom stereocenters. The van der Waals surface area contributed by atoms with E-state index in [0.29, 0.717) is 38.6 Å². The van der Waals surface area contributed by atoms with Crippen LogP contribution in [-0.2, 0) is 42.7 Å². The quantitative estimate of drug-likeness (QED) is 0.0299. The van der Waals surface area contributed by atoms with Crippen molar-refractivity contribution >= 4 is 5.97 Å². The lowest BCUT2D eigenvalue weighted by molar-refractivity contribution is -0.415. The summed E-state index contributed by atoms with van der Waals surface area (Å²) in [6.45, 7) is 20.2. The van der Waals surface area contributed by atoms with Crippen LogP contribution < -0.4 is 0 Å². The molecule has 9 heteroatoms. The second-order valence-electron chi connectivity index (χ2n) is 11.9. The predicted molar refractivity (Wildman–Crippen MR) is 191 cm³/mol. The van der Waals surface area contributed by atoms with E-state index in [1.165, 1.54) is 64.2 Å². The van der Waals surface area contributed by atoms with E-state index in [1.54, 1.807) is 28.3 Å². The Hall–Kier alpha value is -1.07. The first-order chi connectivity index (χ1) is 22.7. The summed E-state index contributed by atoms with van der Waals surface area (Å²) in [6, 6.07) is 0. The zero-order chi connectivity index (χ0) is 35.8. The molecule has 0 saturated heterocycles. The van der Waals surface area contributed by atoms with E-state index in [2.05, 4.69) is 20.4 Å². The standard InChI is InChI=1S/C20H38O5.C18H38O4/c1-7-8-9-10-11-12-14-18(20(22-4,23-5)24-6)15-13-16-25-19(21)17(2)3;1-6-11-12-13-14-15-16-17(19-7-2)18(20-8-3,21-9-4)22-10-5/h18H,2,7-16H2,1,3-6H3;17H,6-16H2,1-5H3. The molecule has 0 aromatic carbocycles. The van der Waals surface area contributed by atoms with Gasteiger partial charge < -0.3 is 37.9 Å². The first-order valence-corrected chi connectivity index (χ1v) is 18.7. The number of hydrogen-bond donors (Lipinski definition) is 0. The third kappa shape index (κ3) is 21.6. The Labute approximate surface area is 290 Å². The zero-order valence-corrected chi connectivity index (χ0v) is 32.4. The van der Waals surface area contributed by atoms with E-state index in [1.807, 2.05) is 27.7 Å². The molecular formula is C38H76O9. The van der Waals surface area contributed by atoms with Gasteiger partial charge in [-0.25, -0.2) is 4.79 Å². The molecule has 282 valence electrons. The van der Waals surface area contributed by atoms with Crippen LogP contribution in [0, 0.1) is 5.92 Å². The Kier molecular flexibility index (Phi) is 32.9. The van der Waals surface area contributed by atoms with Crippen molar-refractivity contribution in [3.05, 3.63) is 12.2 Å². The summed E-state index contributed by atoms with van der Waals surface area (Å²) in [5, 5.41) is 0. The molecule has 0 radical (unpaired) electrons. The summed E-state index contributed by atoms with van der Waals surface area (Å²) in [4.78, 5) is 11.5. The van der Waals surface area contributed by atoms with Crippen LogP contribution in [-0.4, -0.2) is 78.4 Å². The number of ether oxygens (including phenoxy) is 8. The lowest BCUT2D eigenvalue weighted by Gasteiger charge is -2.38. The average Bonchev–Trinajstić information content (AvgIpc) is 3.06. The average molecular weight is 677 g/mol. The van der Waals surface area contributed by atoms with Gasteiger partial charge in [-0.3, -0.25) is 0 Å². The van der Waals surface area contributed by atoms with E-state index in [0.717, 1.165) is 38.5 Å². The van der Waals surface area contributed by atoms with Crippen molar-refractivity contribution < 1.29 is 42.7 Å². The Bertz CT molecular complexity index is 686. The van der Waals surface area contributed by atoms with Crippen LogP contribution in [0.15, 0.2) is 12.2 Å². The third-order valence-corrected chi connectivity index (χ3v) is 8.16. The first-order valence-electron chi connectivity index (χ1n) is 18.7. The minimum Gasteiger partial charge on any atom is -0.462 e. The number of hydrogen-bond acceptors (Lipinski definition) is 9. The molecule has 0 aliphatic rings. The smallest absolute Gasteiger partial charge is 0.333 e. The highest BCUT2D eigenvalue weighted by Gasteiger charge is 2.43. The Balaban J connectivity index is 0. The fourth-order valence-corrected chi connectivity index (χ4v) is 5.72. The van der Waals surface area contributed by atoms with Crippen molar-refractivity contribution in [2.24, 2.45) is 5.92 Å². The molecule has 0 rings (SSSR count). The maximum atomic E-state index is 11.5. The van der Waals surface area contributed by atoms with Crippen molar-refractivity contribution in [2.75, 3.05) is 54.4 Å². The Morgan fingerprint density at radius 1 is 0.574 bits per heavy atom. The van der Waals surface area contributed by atoms with Crippen LogP contribution >= 0.6 is 0 Å². The van der Waals surface area contributed by atoms with E-state index in [-0.39, 0.29) is 18.0 Å². The van der Waals surface area contributed by atoms with Crippen LogP contribution in [0.25, 0.3) is 0 Å². The SMILES string of the molecule is C=C(C)C(=O)OCCCC(CCCCCCCC)C(OC)(OC)OC.CCCCCCCCC(OCC)C(OCC)(OCC)OCC. The molecule has 2 atom stereocenters. The van der Waals surface area contributed by atoms with Crippen LogP contribution in [0.5, 0.6) is 0 Å². The number of esters is 1. The van der Waals surface area contributed by atoms with Crippen molar-refractivity contribution in [1.82, 2.24) is 0 Å². The fourth-order valence-electron chi connectivity index (χ4n) is 5.72. The van der Waals surface area contributed by atoms with Crippen LogP contribution in [0.2, 0.25) is 0 Å². The second kappa shape index (κ2) is 32.2. The summed E-state index contributed by atoms with van der Waals surface area (Å²) >= 11 is 0. The highest BCUT2D eigenvalue weighted by molar-refractivity contribution is 5.86. The van der Waals surface area contributed by atoms with Crippen molar-refractivity contribution in [1.29, 1.82) is 0 Å². The van der Waals surface area contributed by atoms with Crippen molar-refractivity contribution in [3.63, 3.8) is 0 Å². The summed E-state index contributed by atoms with van der Waals surface area (Å²) in [7, 11) is 4.80. The maximum absolute atomic E-state index is 11.5. The molecule has 0 aromatic heterocycles. The minimum atomic E-state index is -1.06. The van der Waals surface area contributed by atoms with E-state index in [4.69, 9.17) is 37.9 Å². The number of carbonyl (C=O) groups is 1. The maximum Gasteiger partial charge on any atom is 0.333 e. The number of carbonyl (C=O) groups excluding carboxylic acids is 1. The van der Waals surface area contributed by atoms with Crippen molar-refractivity contribution in [3.8, 4) is 0 Å². The molecule has 0 heterocycles. The monoisotopic (exact) mass is 677 g/mol. The molecule has 0 bridgehead atoms. The van der Waals surface area contributed by atoms with Gasteiger partial charge in [0, 0.05) is 59.2 Å². The van der Waals surface area contributed by atoms with Gasteiger partial charge in [-0.15, -0.1) is 0 Å². The zero-order valence-electron chi connectivity index (χ0n) is 32.4. The first kappa shape index (κ1) is 48.0. The van der Waals surface area contributed by atoms with Gasteiger partial charge in [-0.05, 0) is 60.3 Å². The van der Waals surface area contributed by atoms with Crippen LogP contribution in [0.3, 0.4) is 0 Å². The number of rotatable bonds is 32. The minimum absolute atomic E-state index is 0.0854. The van der Waals surface area contributed by atoms with Crippen LogP contribution in [0.4, 0.5) is 0 Å². The highest BCUT2D eigenvalue weighted by Crippen LogP contribution is 2.32. The molecule has 0 fully saturated rings. The summed E-state index contributed by atoms with van der Waals surface area (Å²) < 4.78 is 45.3. The third-order valence-electron chi connectivity index (χ3n) is 8.16. The van der Waals surface area contributed by atoms with E-state index >= 15 is 0 Å². The molecule has 0 amide bonds. The largest absolute Gasteiger partial charge is 0.462 e. The van der Waals surface area contributed by atoms with Gasteiger partial charge in [0.2, 0.25) is 0 Å². The van der Waals surface area contributed by atoms with E-state index in [9.17, 15) is 4.79 Å². The molecule has 9 nitrogen and oxygen atoms in total. The van der Waals surface area contributed by atoms with Crippen LogP contribution in [0.1, 0.15) is 151 Å². The molecule has 0 aliphatic carbocycles. The van der Waals surface area contributed by atoms with Gasteiger partial charge in [-0.1, -0.05) is 97.5 Å². The van der Waals surface area contributed by atoms with Gasteiger partial charge in [0.05, 0.1) is 6.61 Å². The Morgan fingerprint density at radius 2 is 1.00 bits per heavy atom.